The first-order valence-electron chi connectivity index (χ1n) is 8.14. The van der Waals surface area contributed by atoms with Gasteiger partial charge in [0.05, 0.1) is 7.11 Å². The second kappa shape index (κ2) is 9.67. The Morgan fingerprint density at radius 1 is 1.33 bits per heavy atom. The molecule has 0 fully saturated rings. The summed E-state index contributed by atoms with van der Waals surface area (Å²) in [4.78, 5) is 5.98. The lowest BCUT2D eigenvalue weighted by atomic mass is 10.2. The average molecular weight is 415 g/mol. The molecule has 148 valence electrons. The highest BCUT2D eigenvalue weighted by molar-refractivity contribution is 7.91. The minimum Gasteiger partial charge on any atom is -0.494 e. The zero-order valence-corrected chi connectivity index (χ0v) is 17.0. The fourth-order valence-electron chi connectivity index (χ4n) is 2.39. The van der Waals surface area contributed by atoms with Crippen molar-refractivity contribution < 1.29 is 17.5 Å². The summed E-state index contributed by atoms with van der Waals surface area (Å²) in [7, 11) is 1.38. The van der Waals surface area contributed by atoms with Gasteiger partial charge in [-0.2, -0.15) is 0 Å². The molecular formula is C17H23FN4O3S2. The van der Waals surface area contributed by atoms with Crippen LogP contribution in [0.5, 0.6) is 5.75 Å². The summed E-state index contributed by atoms with van der Waals surface area (Å²) >= 11 is 1.17. The van der Waals surface area contributed by atoms with Gasteiger partial charge in [0.25, 0.3) is 0 Å². The predicted octanol–water partition coefficient (Wildman–Crippen LogP) is 1.88. The summed E-state index contributed by atoms with van der Waals surface area (Å²) < 4.78 is 45.6. The van der Waals surface area contributed by atoms with E-state index in [1.54, 1.807) is 36.7 Å². The van der Waals surface area contributed by atoms with Crippen LogP contribution in [0, 0.1) is 5.82 Å². The number of methoxy groups -OCH3 is 1. The van der Waals surface area contributed by atoms with Crippen LogP contribution < -0.4 is 14.8 Å². The van der Waals surface area contributed by atoms with Crippen molar-refractivity contribution in [3.8, 4) is 5.75 Å². The van der Waals surface area contributed by atoms with Crippen molar-refractivity contribution >= 4 is 27.3 Å². The first-order chi connectivity index (χ1) is 12.9. The number of guanidine groups is 1. The molecule has 27 heavy (non-hydrogen) atoms. The Morgan fingerprint density at radius 3 is 2.70 bits per heavy atom. The lowest BCUT2D eigenvalue weighted by Crippen LogP contribution is -2.42. The number of aliphatic imine (C=N–C) groups is 1. The summed E-state index contributed by atoms with van der Waals surface area (Å²) in [6, 6.07) is 8.02. The molecule has 0 atom stereocenters. The Balaban J connectivity index is 1.85. The van der Waals surface area contributed by atoms with Crippen LogP contribution in [0.1, 0.15) is 5.56 Å². The van der Waals surface area contributed by atoms with Gasteiger partial charge in [0, 0.05) is 33.7 Å². The molecule has 2 rings (SSSR count). The molecule has 0 aliphatic carbocycles. The van der Waals surface area contributed by atoms with E-state index >= 15 is 0 Å². The molecule has 10 heteroatoms. The van der Waals surface area contributed by atoms with Crippen LogP contribution in [-0.4, -0.2) is 53.6 Å². The number of rotatable bonds is 8. The summed E-state index contributed by atoms with van der Waals surface area (Å²) in [5.74, 6) is 0.345. The smallest absolute Gasteiger partial charge is 0.250 e. The number of sulfonamides is 1. The molecule has 0 unspecified atom stereocenters. The number of hydrogen-bond donors (Lipinski definition) is 2. The van der Waals surface area contributed by atoms with Crippen molar-refractivity contribution in [3.05, 3.63) is 47.1 Å². The highest BCUT2D eigenvalue weighted by Gasteiger charge is 2.14. The zero-order valence-electron chi connectivity index (χ0n) is 15.4. The van der Waals surface area contributed by atoms with Gasteiger partial charge in [0.15, 0.2) is 17.5 Å². The van der Waals surface area contributed by atoms with Gasteiger partial charge in [0.1, 0.15) is 4.21 Å². The van der Waals surface area contributed by atoms with Crippen LogP contribution in [0.4, 0.5) is 4.39 Å². The van der Waals surface area contributed by atoms with Crippen LogP contribution >= 0.6 is 11.3 Å². The van der Waals surface area contributed by atoms with E-state index in [1.807, 2.05) is 11.9 Å². The second-order valence-corrected chi connectivity index (χ2v) is 8.57. The van der Waals surface area contributed by atoms with Crippen molar-refractivity contribution in [2.24, 2.45) is 4.99 Å². The molecule has 1 aromatic carbocycles. The van der Waals surface area contributed by atoms with E-state index in [-0.39, 0.29) is 16.5 Å². The minimum absolute atomic E-state index is 0.196. The van der Waals surface area contributed by atoms with Crippen molar-refractivity contribution in [2.45, 2.75) is 10.8 Å². The topological polar surface area (TPSA) is 83.0 Å². The number of hydrogen-bond acceptors (Lipinski definition) is 5. The fourth-order valence-corrected chi connectivity index (χ4v) is 4.46. The third-order valence-electron chi connectivity index (χ3n) is 3.67. The molecule has 0 saturated heterocycles. The number of nitrogens with one attached hydrogen (secondary N) is 2. The van der Waals surface area contributed by atoms with Crippen molar-refractivity contribution in [2.75, 3.05) is 34.3 Å². The number of nitrogens with zero attached hydrogens (tertiary/aromatic N) is 2. The zero-order chi connectivity index (χ0) is 19.9. The summed E-state index contributed by atoms with van der Waals surface area (Å²) in [6.07, 6.45) is 0. The third kappa shape index (κ3) is 5.91. The Morgan fingerprint density at radius 2 is 2.11 bits per heavy atom. The van der Waals surface area contributed by atoms with E-state index in [9.17, 15) is 12.8 Å². The van der Waals surface area contributed by atoms with Gasteiger partial charge in [-0.05, 0) is 29.1 Å². The van der Waals surface area contributed by atoms with E-state index < -0.39 is 15.8 Å². The molecule has 0 aliphatic heterocycles. The Hall–Kier alpha value is -2.17. The number of halogens is 1. The van der Waals surface area contributed by atoms with Gasteiger partial charge >= 0.3 is 0 Å². The highest BCUT2D eigenvalue weighted by atomic mass is 32.2. The Labute approximate surface area is 162 Å². The van der Waals surface area contributed by atoms with E-state index in [1.165, 1.54) is 24.5 Å². The molecule has 0 saturated carbocycles. The number of thiophene rings is 1. The summed E-state index contributed by atoms with van der Waals surface area (Å²) in [6.45, 7) is 1.00. The summed E-state index contributed by atoms with van der Waals surface area (Å²) in [5, 5.41) is 4.79. The summed E-state index contributed by atoms with van der Waals surface area (Å²) in [5.41, 5.74) is 0.761. The van der Waals surface area contributed by atoms with Crippen LogP contribution in [0.3, 0.4) is 0 Å². The molecule has 7 nitrogen and oxygen atoms in total. The first-order valence-corrected chi connectivity index (χ1v) is 10.5. The second-order valence-electron chi connectivity index (χ2n) is 5.63. The quantitative estimate of drug-likeness (QED) is 0.392. The molecule has 0 aliphatic rings. The predicted molar refractivity (Wildman–Crippen MR) is 105 cm³/mol. The lowest BCUT2D eigenvalue weighted by molar-refractivity contribution is 0.385. The Bertz CT molecular complexity index is 870. The van der Waals surface area contributed by atoms with E-state index in [2.05, 4.69) is 15.0 Å². The Kier molecular flexibility index (Phi) is 7.57. The van der Waals surface area contributed by atoms with Gasteiger partial charge in [0.2, 0.25) is 10.0 Å². The van der Waals surface area contributed by atoms with Crippen LogP contribution in [-0.2, 0) is 16.6 Å². The fraction of sp³-hybridized carbons (Fsp3) is 0.353. The molecule has 0 spiro atoms. The maximum absolute atomic E-state index is 13.8. The van der Waals surface area contributed by atoms with Gasteiger partial charge in [-0.15, -0.1) is 11.3 Å². The van der Waals surface area contributed by atoms with Gasteiger partial charge < -0.3 is 15.0 Å². The molecule has 2 N–H and O–H groups in total. The van der Waals surface area contributed by atoms with Crippen molar-refractivity contribution in [1.82, 2.24) is 14.9 Å². The van der Waals surface area contributed by atoms with Gasteiger partial charge in [-0.25, -0.2) is 17.5 Å². The number of ether oxygens (including phenoxy) is 1. The molecule has 2 aromatic rings. The standard InChI is InChI=1S/C17H23FN4O3S2/c1-19-17(20-8-9-21-27(23,24)16-5-4-10-26-16)22(2)12-13-6-7-15(25-3)14(18)11-13/h4-7,10-11,21H,8-9,12H2,1-3H3,(H,19,20). The monoisotopic (exact) mass is 414 g/mol. The van der Waals surface area contributed by atoms with E-state index in [4.69, 9.17) is 4.74 Å². The van der Waals surface area contributed by atoms with E-state index in [0.29, 0.717) is 19.0 Å². The highest BCUT2D eigenvalue weighted by Crippen LogP contribution is 2.18. The van der Waals surface area contributed by atoms with Crippen molar-refractivity contribution in [3.63, 3.8) is 0 Å². The van der Waals surface area contributed by atoms with Crippen LogP contribution in [0.25, 0.3) is 0 Å². The van der Waals surface area contributed by atoms with Crippen LogP contribution in [0.15, 0.2) is 44.9 Å². The first kappa shape index (κ1) is 21.1. The van der Waals surface area contributed by atoms with Crippen LogP contribution in [0.2, 0.25) is 0 Å². The molecule has 1 aromatic heterocycles. The van der Waals surface area contributed by atoms with Crippen molar-refractivity contribution in [1.29, 1.82) is 0 Å². The largest absolute Gasteiger partial charge is 0.494 e. The molecule has 1 heterocycles. The normalized spacial score (nSPS) is 12.1. The van der Waals surface area contributed by atoms with Gasteiger partial charge in [-0.3, -0.25) is 4.99 Å². The molecular weight excluding hydrogens is 391 g/mol. The van der Waals surface area contributed by atoms with E-state index in [0.717, 1.165) is 5.56 Å². The van der Waals surface area contributed by atoms with Gasteiger partial charge in [-0.1, -0.05) is 12.1 Å². The lowest BCUT2D eigenvalue weighted by Gasteiger charge is -2.22. The number of benzene rings is 1. The third-order valence-corrected chi connectivity index (χ3v) is 6.53. The maximum Gasteiger partial charge on any atom is 0.250 e. The molecule has 0 amide bonds. The molecule has 0 bridgehead atoms. The maximum atomic E-state index is 13.8. The molecule has 0 radical (unpaired) electrons. The SMILES string of the molecule is CN=C(NCCNS(=O)(=O)c1cccs1)N(C)Cc1ccc(OC)c(F)c1. The minimum atomic E-state index is -3.48. The average Bonchev–Trinajstić information content (AvgIpc) is 3.17.